The van der Waals surface area contributed by atoms with E-state index in [-0.39, 0.29) is 17.7 Å². The Kier molecular flexibility index (Phi) is 5.02. The SMILES string of the molecule is CC/C(=C\C(=O)N1CCC(C(N)=O)C1)c1cccc(Cl)c1. The van der Waals surface area contributed by atoms with Crippen LogP contribution in [0.1, 0.15) is 25.3 Å². The molecule has 0 radical (unpaired) electrons. The lowest BCUT2D eigenvalue weighted by Gasteiger charge is -2.15. The Labute approximate surface area is 129 Å². The average Bonchev–Trinajstić information content (AvgIpc) is 2.94. The van der Waals surface area contributed by atoms with Crippen molar-refractivity contribution < 1.29 is 9.59 Å². The Morgan fingerprint density at radius 3 is 2.81 bits per heavy atom. The molecule has 2 amide bonds. The number of benzene rings is 1. The number of carbonyl (C=O) groups is 2. The number of amides is 2. The molecule has 5 heteroatoms. The number of halogens is 1. The predicted molar refractivity (Wildman–Crippen MR) is 83.6 cm³/mol. The maximum atomic E-state index is 12.3. The highest BCUT2D eigenvalue weighted by Crippen LogP contribution is 2.23. The Hall–Kier alpha value is -1.81. The standard InChI is InChI=1S/C16H19ClN2O2/c1-2-11(12-4-3-5-14(17)8-12)9-15(20)19-7-6-13(10-19)16(18)21/h3-5,8-9,13H,2,6-7,10H2,1H3,(H2,18,21)/b11-9+. The first-order chi connectivity index (χ1) is 10.0. The number of hydrogen-bond donors (Lipinski definition) is 1. The van der Waals surface area contributed by atoms with E-state index in [0.29, 0.717) is 24.5 Å². The van der Waals surface area contributed by atoms with Gasteiger partial charge in [0.25, 0.3) is 0 Å². The van der Waals surface area contributed by atoms with Crippen molar-refractivity contribution in [2.45, 2.75) is 19.8 Å². The van der Waals surface area contributed by atoms with Crippen molar-refractivity contribution in [2.75, 3.05) is 13.1 Å². The number of likely N-dealkylation sites (tertiary alicyclic amines) is 1. The van der Waals surface area contributed by atoms with Crippen molar-refractivity contribution in [3.63, 3.8) is 0 Å². The van der Waals surface area contributed by atoms with Crippen molar-refractivity contribution in [2.24, 2.45) is 11.7 Å². The Morgan fingerprint density at radius 1 is 1.48 bits per heavy atom. The zero-order chi connectivity index (χ0) is 15.4. The highest BCUT2D eigenvalue weighted by molar-refractivity contribution is 6.30. The highest BCUT2D eigenvalue weighted by Gasteiger charge is 2.28. The summed E-state index contributed by atoms with van der Waals surface area (Å²) in [5.41, 5.74) is 7.17. The fourth-order valence-electron chi connectivity index (χ4n) is 2.51. The molecule has 21 heavy (non-hydrogen) atoms. The number of rotatable bonds is 4. The van der Waals surface area contributed by atoms with Gasteiger partial charge in [-0.3, -0.25) is 9.59 Å². The van der Waals surface area contributed by atoms with Crippen molar-refractivity contribution in [1.82, 2.24) is 4.90 Å². The lowest BCUT2D eigenvalue weighted by Crippen LogP contribution is -2.30. The van der Waals surface area contributed by atoms with Crippen LogP contribution >= 0.6 is 11.6 Å². The molecule has 1 fully saturated rings. The summed E-state index contributed by atoms with van der Waals surface area (Å²) in [5, 5.41) is 0.647. The first kappa shape index (κ1) is 15.6. The second-order valence-corrected chi connectivity index (χ2v) is 5.64. The predicted octanol–water partition coefficient (Wildman–Crippen LogP) is 2.47. The molecule has 2 rings (SSSR count). The van der Waals surface area contributed by atoms with E-state index in [4.69, 9.17) is 17.3 Å². The van der Waals surface area contributed by atoms with E-state index in [1.54, 1.807) is 17.0 Å². The third-order valence-corrected chi connectivity index (χ3v) is 4.01. The molecule has 112 valence electrons. The summed E-state index contributed by atoms with van der Waals surface area (Å²) in [6, 6.07) is 7.45. The van der Waals surface area contributed by atoms with Gasteiger partial charge in [0, 0.05) is 24.2 Å². The maximum Gasteiger partial charge on any atom is 0.246 e. The normalized spacial score (nSPS) is 18.9. The fraction of sp³-hybridized carbons (Fsp3) is 0.375. The van der Waals surface area contributed by atoms with E-state index in [2.05, 4.69) is 0 Å². The molecule has 0 aromatic heterocycles. The monoisotopic (exact) mass is 306 g/mol. The van der Waals surface area contributed by atoms with Gasteiger partial charge in [0.05, 0.1) is 5.92 Å². The summed E-state index contributed by atoms with van der Waals surface area (Å²) in [4.78, 5) is 25.1. The van der Waals surface area contributed by atoms with E-state index < -0.39 is 0 Å². The van der Waals surface area contributed by atoms with Gasteiger partial charge in [-0.1, -0.05) is 30.7 Å². The second-order valence-electron chi connectivity index (χ2n) is 5.21. The van der Waals surface area contributed by atoms with Crippen LogP contribution in [-0.4, -0.2) is 29.8 Å². The third kappa shape index (κ3) is 3.85. The van der Waals surface area contributed by atoms with Crippen LogP contribution in [0.5, 0.6) is 0 Å². The summed E-state index contributed by atoms with van der Waals surface area (Å²) in [7, 11) is 0. The Morgan fingerprint density at radius 2 is 2.24 bits per heavy atom. The molecule has 2 N–H and O–H groups in total. The Balaban J connectivity index is 2.13. The molecule has 1 aromatic rings. The zero-order valence-electron chi connectivity index (χ0n) is 12.0. The van der Waals surface area contributed by atoms with Crippen LogP contribution in [0.15, 0.2) is 30.3 Å². The maximum absolute atomic E-state index is 12.3. The molecular weight excluding hydrogens is 288 g/mol. The van der Waals surface area contributed by atoms with E-state index in [9.17, 15) is 9.59 Å². The minimum Gasteiger partial charge on any atom is -0.369 e. The van der Waals surface area contributed by atoms with Crippen LogP contribution < -0.4 is 5.73 Å². The van der Waals surface area contributed by atoms with Gasteiger partial charge >= 0.3 is 0 Å². The topological polar surface area (TPSA) is 63.4 Å². The van der Waals surface area contributed by atoms with Crippen molar-refractivity contribution in [3.05, 3.63) is 40.9 Å². The van der Waals surface area contributed by atoms with Crippen LogP contribution in [0.25, 0.3) is 5.57 Å². The molecule has 0 aliphatic carbocycles. The average molecular weight is 307 g/mol. The van der Waals surface area contributed by atoms with Crippen LogP contribution in [0.3, 0.4) is 0 Å². The minimum absolute atomic E-state index is 0.0735. The van der Waals surface area contributed by atoms with Crippen LogP contribution in [-0.2, 0) is 9.59 Å². The molecular formula is C16H19ClN2O2. The quantitative estimate of drug-likeness (QED) is 0.869. The minimum atomic E-state index is -0.333. The van der Waals surface area contributed by atoms with Gasteiger partial charge in [-0.25, -0.2) is 0 Å². The molecule has 1 aliphatic rings. The van der Waals surface area contributed by atoms with Crippen molar-refractivity contribution >= 4 is 29.0 Å². The summed E-state index contributed by atoms with van der Waals surface area (Å²) in [5.74, 6) is -0.631. The van der Waals surface area contributed by atoms with Gasteiger partial charge in [-0.2, -0.15) is 0 Å². The van der Waals surface area contributed by atoms with E-state index in [0.717, 1.165) is 17.6 Å². The first-order valence-corrected chi connectivity index (χ1v) is 7.43. The molecule has 0 bridgehead atoms. The molecule has 1 saturated heterocycles. The van der Waals surface area contributed by atoms with Crippen LogP contribution in [0, 0.1) is 5.92 Å². The largest absolute Gasteiger partial charge is 0.369 e. The molecule has 1 atom stereocenters. The molecule has 1 aliphatic heterocycles. The lowest BCUT2D eigenvalue weighted by atomic mass is 10.0. The molecule has 1 aromatic carbocycles. The second kappa shape index (κ2) is 6.76. The van der Waals surface area contributed by atoms with Gasteiger partial charge in [-0.05, 0) is 36.1 Å². The number of hydrogen-bond acceptors (Lipinski definition) is 2. The van der Waals surface area contributed by atoms with E-state index >= 15 is 0 Å². The lowest BCUT2D eigenvalue weighted by molar-refractivity contribution is -0.125. The number of primary amides is 1. The van der Waals surface area contributed by atoms with Gasteiger partial charge in [0.1, 0.15) is 0 Å². The summed E-state index contributed by atoms with van der Waals surface area (Å²) in [6.07, 6.45) is 3.02. The summed E-state index contributed by atoms with van der Waals surface area (Å²) < 4.78 is 0. The Bertz CT molecular complexity index is 583. The molecule has 4 nitrogen and oxygen atoms in total. The fourth-order valence-corrected chi connectivity index (χ4v) is 2.70. The molecule has 1 unspecified atom stereocenters. The highest BCUT2D eigenvalue weighted by atomic mass is 35.5. The molecule has 0 spiro atoms. The number of carbonyl (C=O) groups excluding carboxylic acids is 2. The third-order valence-electron chi connectivity index (χ3n) is 3.78. The molecule has 1 heterocycles. The van der Waals surface area contributed by atoms with Crippen LogP contribution in [0.2, 0.25) is 5.02 Å². The zero-order valence-corrected chi connectivity index (χ0v) is 12.8. The molecule has 0 saturated carbocycles. The van der Waals surface area contributed by atoms with Crippen LogP contribution in [0.4, 0.5) is 0 Å². The summed E-state index contributed by atoms with van der Waals surface area (Å²) >= 11 is 5.99. The smallest absolute Gasteiger partial charge is 0.246 e. The number of nitrogens with two attached hydrogens (primary N) is 1. The van der Waals surface area contributed by atoms with Crippen molar-refractivity contribution in [3.8, 4) is 0 Å². The summed E-state index contributed by atoms with van der Waals surface area (Å²) in [6.45, 7) is 2.99. The van der Waals surface area contributed by atoms with Gasteiger partial charge < -0.3 is 10.6 Å². The van der Waals surface area contributed by atoms with Gasteiger partial charge in [0.2, 0.25) is 11.8 Å². The van der Waals surface area contributed by atoms with Gasteiger partial charge in [0.15, 0.2) is 0 Å². The van der Waals surface area contributed by atoms with E-state index in [1.807, 2.05) is 25.1 Å². The van der Waals surface area contributed by atoms with E-state index in [1.165, 1.54) is 0 Å². The van der Waals surface area contributed by atoms with Crippen molar-refractivity contribution in [1.29, 1.82) is 0 Å². The number of allylic oxidation sites excluding steroid dienone is 1. The van der Waals surface area contributed by atoms with Gasteiger partial charge in [-0.15, -0.1) is 0 Å². The first-order valence-electron chi connectivity index (χ1n) is 7.06. The number of nitrogens with zero attached hydrogens (tertiary/aromatic N) is 1.